The molecule has 21 heavy (non-hydrogen) atoms. The number of nitrogens with one attached hydrogen (secondary N) is 1. The van der Waals surface area contributed by atoms with Crippen LogP contribution >= 0.6 is 0 Å². The Balaban J connectivity index is 2.98. The van der Waals surface area contributed by atoms with Gasteiger partial charge in [0.1, 0.15) is 0 Å². The second-order valence-corrected chi connectivity index (χ2v) is 4.02. The van der Waals surface area contributed by atoms with Gasteiger partial charge in [-0.05, 0) is 24.6 Å². The first-order chi connectivity index (χ1) is 9.99. The van der Waals surface area contributed by atoms with E-state index >= 15 is 0 Å². The van der Waals surface area contributed by atoms with Crippen molar-refractivity contribution >= 4 is 11.9 Å². The van der Waals surface area contributed by atoms with E-state index in [1.165, 1.54) is 18.2 Å². The van der Waals surface area contributed by atoms with Crippen LogP contribution in [0.25, 0.3) is 0 Å². The maximum atomic E-state index is 13.2. The molecule has 0 heterocycles. The highest BCUT2D eigenvalue weighted by molar-refractivity contribution is 5.92. The smallest absolute Gasteiger partial charge is 0.333 e. The van der Waals surface area contributed by atoms with Gasteiger partial charge in [0.05, 0.1) is 7.11 Å². The molecule has 0 fully saturated rings. The van der Waals surface area contributed by atoms with Crippen molar-refractivity contribution in [2.45, 2.75) is 13.0 Å². The van der Waals surface area contributed by atoms with Crippen molar-refractivity contribution in [3.05, 3.63) is 59.7 Å². The zero-order valence-corrected chi connectivity index (χ0v) is 11.6. The van der Waals surface area contributed by atoms with Gasteiger partial charge in [-0.2, -0.15) is 0 Å². The molecule has 0 aliphatic carbocycles. The van der Waals surface area contributed by atoms with Gasteiger partial charge < -0.3 is 10.1 Å². The van der Waals surface area contributed by atoms with E-state index < -0.39 is 29.6 Å². The van der Waals surface area contributed by atoms with E-state index in [1.54, 1.807) is 19.1 Å². The first-order valence-electron chi connectivity index (χ1n) is 6.12. The molecular formula is C15H15F2NO3. The number of halogens is 2. The van der Waals surface area contributed by atoms with Crippen LogP contribution < -0.4 is 5.32 Å². The predicted molar refractivity (Wildman–Crippen MR) is 73.2 cm³/mol. The average Bonchev–Trinajstić information content (AvgIpc) is 2.47. The van der Waals surface area contributed by atoms with Gasteiger partial charge in [0.2, 0.25) is 5.91 Å². The molecule has 0 saturated heterocycles. The third kappa shape index (κ3) is 4.83. The van der Waals surface area contributed by atoms with Gasteiger partial charge in [-0.15, -0.1) is 0 Å². The highest BCUT2D eigenvalue weighted by atomic mass is 19.2. The Labute approximate surface area is 121 Å². The van der Waals surface area contributed by atoms with Gasteiger partial charge in [0, 0.05) is 6.08 Å². The molecule has 1 unspecified atom stereocenters. The molecule has 1 atom stereocenters. The molecule has 0 saturated carbocycles. The van der Waals surface area contributed by atoms with E-state index in [-0.39, 0.29) is 5.56 Å². The molecule has 0 bridgehead atoms. The number of carbonyl (C=O) groups excluding carboxylic acids is 2. The van der Waals surface area contributed by atoms with Crippen molar-refractivity contribution < 1.29 is 23.1 Å². The van der Waals surface area contributed by atoms with Crippen molar-refractivity contribution in [1.29, 1.82) is 0 Å². The van der Waals surface area contributed by atoms with Crippen LogP contribution in [0.1, 0.15) is 18.5 Å². The Kier molecular flexibility index (Phi) is 6.26. The largest absolute Gasteiger partial charge is 0.467 e. The standard InChI is InChI=1S/C15H15F2NO3/c1-3-4-5-6-13(19)18-14(15(20)21-2)10-7-8-11(16)12(17)9-10/h3-9,14H,1-2H3,(H,18,19). The lowest BCUT2D eigenvalue weighted by Crippen LogP contribution is -2.33. The molecule has 0 radical (unpaired) electrons. The third-order valence-corrected chi connectivity index (χ3v) is 2.55. The quantitative estimate of drug-likeness (QED) is 0.515. The second-order valence-electron chi connectivity index (χ2n) is 4.02. The fourth-order valence-electron chi connectivity index (χ4n) is 1.53. The molecule has 1 rings (SSSR count). The SMILES string of the molecule is CC=CC=CC(=O)NC(C(=O)OC)c1ccc(F)c(F)c1. The number of hydrogen-bond acceptors (Lipinski definition) is 3. The predicted octanol–water partition coefficient (Wildman–Crippen LogP) is 2.43. The highest BCUT2D eigenvalue weighted by Gasteiger charge is 2.23. The summed E-state index contributed by atoms with van der Waals surface area (Å²) in [4.78, 5) is 23.3. The summed E-state index contributed by atoms with van der Waals surface area (Å²) in [5.74, 6) is -3.50. The first kappa shape index (κ1) is 16.6. The van der Waals surface area contributed by atoms with Crippen molar-refractivity contribution in [2.75, 3.05) is 7.11 Å². The summed E-state index contributed by atoms with van der Waals surface area (Å²) in [5.41, 5.74) is 0.0912. The number of esters is 1. The van der Waals surface area contributed by atoms with Crippen LogP contribution in [-0.4, -0.2) is 19.0 Å². The van der Waals surface area contributed by atoms with Gasteiger partial charge >= 0.3 is 5.97 Å². The zero-order valence-electron chi connectivity index (χ0n) is 11.6. The van der Waals surface area contributed by atoms with E-state index in [1.807, 2.05) is 0 Å². The Morgan fingerprint density at radius 3 is 2.52 bits per heavy atom. The summed E-state index contributed by atoms with van der Waals surface area (Å²) < 4.78 is 30.7. The van der Waals surface area contributed by atoms with Gasteiger partial charge in [-0.1, -0.05) is 24.3 Å². The number of amides is 1. The van der Waals surface area contributed by atoms with Crippen LogP contribution in [0, 0.1) is 11.6 Å². The molecule has 0 spiro atoms. The van der Waals surface area contributed by atoms with Crippen molar-refractivity contribution in [3.8, 4) is 0 Å². The van der Waals surface area contributed by atoms with Crippen molar-refractivity contribution in [3.63, 3.8) is 0 Å². The number of rotatable bonds is 5. The Morgan fingerprint density at radius 2 is 1.95 bits per heavy atom. The lowest BCUT2D eigenvalue weighted by atomic mass is 10.1. The molecule has 0 aliphatic rings. The minimum absolute atomic E-state index is 0.0912. The maximum Gasteiger partial charge on any atom is 0.333 e. The minimum Gasteiger partial charge on any atom is -0.467 e. The van der Waals surface area contributed by atoms with Gasteiger partial charge in [-0.25, -0.2) is 13.6 Å². The number of ether oxygens (including phenoxy) is 1. The van der Waals surface area contributed by atoms with Gasteiger partial charge in [0.25, 0.3) is 0 Å². The number of methoxy groups -OCH3 is 1. The Morgan fingerprint density at radius 1 is 1.24 bits per heavy atom. The second kappa shape index (κ2) is 7.94. The van der Waals surface area contributed by atoms with Gasteiger partial charge in [0.15, 0.2) is 17.7 Å². The van der Waals surface area contributed by atoms with Crippen LogP contribution in [0.15, 0.2) is 42.5 Å². The molecule has 0 aliphatic heterocycles. The van der Waals surface area contributed by atoms with Crippen LogP contribution in [0.5, 0.6) is 0 Å². The molecule has 1 aromatic carbocycles. The summed E-state index contributed by atoms with van der Waals surface area (Å²) in [5, 5.41) is 2.37. The average molecular weight is 295 g/mol. The zero-order chi connectivity index (χ0) is 15.8. The van der Waals surface area contributed by atoms with E-state index in [9.17, 15) is 18.4 Å². The lowest BCUT2D eigenvalue weighted by Gasteiger charge is -2.16. The normalized spacial score (nSPS) is 12.6. The van der Waals surface area contributed by atoms with Crippen LogP contribution in [-0.2, 0) is 14.3 Å². The fraction of sp³-hybridized carbons (Fsp3) is 0.200. The monoisotopic (exact) mass is 295 g/mol. The molecule has 1 amide bonds. The molecule has 1 N–H and O–H groups in total. The number of allylic oxidation sites excluding steroid dienone is 3. The summed E-state index contributed by atoms with van der Waals surface area (Å²) >= 11 is 0. The molecule has 1 aromatic rings. The third-order valence-electron chi connectivity index (χ3n) is 2.55. The van der Waals surface area contributed by atoms with E-state index in [4.69, 9.17) is 0 Å². The van der Waals surface area contributed by atoms with Crippen molar-refractivity contribution in [2.24, 2.45) is 0 Å². The number of hydrogen-bond donors (Lipinski definition) is 1. The number of benzene rings is 1. The maximum absolute atomic E-state index is 13.2. The topological polar surface area (TPSA) is 55.4 Å². The lowest BCUT2D eigenvalue weighted by molar-refractivity contribution is -0.144. The molecule has 112 valence electrons. The van der Waals surface area contributed by atoms with Crippen LogP contribution in [0.4, 0.5) is 8.78 Å². The molecule has 6 heteroatoms. The van der Waals surface area contributed by atoms with E-state index in [2.05, 4.69) is 10.1 Å². The molecular weight excluding hydrogens is 280 g/mol. The minimum atomic E-state index is -1.21. The molecule has 4 nitrogen and oxygen atoms in total. The van der Waals surface area contributed by atoms with E-state index in [0.717, 1.165) is 19.2 Å². The van der Waals surface area contributed by atoms with Crippen molar-refractivity contribution in [1.82, 2.24) is 5.32 Å². The fourth-order valence-corrected chi connectivity index (χ4v) is 1.53. The first-order valence-corrected chi connectivity index (χ1v) is 6.12. The molecule has 0 aromatic heterocycles. The Hall–Kier alpha value is -2.50. The van der Waals surface area contributed by atoms with Crippen LogP contribution in [0.3, 0.4) is 0 Å². The summed E-state index contributed by atoms with van der Waals surface area (Å²) in [7, 11) is 1.14. The summed E-state index contributed by atoms with van der Waals surface area (Å²) in [6.45, 7) is 1.78. The van der Waals surface area contributed by atoms with Gasteiger partial charge in [-0.3, -0.25) is 4.79 Å². The van der Waals surface area contributed by atoms with Crippen LogP contribution in [0.2, 0.25) is 0 Å². The highest BCUT2D eigenvalue weighted by Crippen LogP contribution is 2.17. The Bertz CT molecular complexity index is 582. The number of carbonyl (C=O) groups is 2. The summed E-state index contributed by atoms with van der Waals surface area (Å²) in [6.07, 6.45) is 6.03. The summed E-state index contributed by atoms with van der Waals surface area (Å²) in [6, 6.07) is 1.71. The van der Waals surface area contributed by atoms with E-state index in [0.29, 0.717) is 0 Å².